The van der Waals surface area contributed by atoms with E-state index in [2.05, 4.69) is 20.5 Å². The normalized spacial score (nSPS) is 15.4. The number of hydrogen-bond donors (Lipinski definition) is 2. The third-order valence-corrected chi connectivity index (χ3v) is 3.25. The number of amides is 1. The maximum absolute atomic E-state index is 12.0. The molecule has 1 aliphatic heterocycles. The van der Waals surface area contributed by atoms with Crippen LogP contribution in [0.5, 0.6) is 0 Å². The fraction of sp³-hybridized carbons (Fsp3) is 0.571. The maximum atomic E-state index is 12.0. The molecule has 1 aromatic rings. The molecule has 1 aromatic heterocycles. The van der Waals surface area contributed by atoms with Crippen LogP contribution in [0.15, 0.2) is 18.2 Å². The maximum Gasteiger partial charge on any atom is 0.270 e. The van der Waals surface area contributed by atoms with E-state index in [1.807, 2.05) is 19.1 Å². The number of likely N-dealkylation sites (tertiary alicyclic amines) is 1. The Hall–Kier alpha value is -1.62. The third-order valence-electron chi connectivity index (χ3n) is 3.25. The van der Waals surface area contributed by atoms with Crippen LogP contribution < -0.4 is 10.6 Å². The molecule has 19 heavy (non-hydrogen) atoms. The van der Waals surface area contributed by atoms with Crippen molar-refractivity contribution in [1.29, 1.82) is 0 Å². The average molecular weight is 262 g/mol. The standard InChI is InChI=1S/C14H22N4O/c1-2-15-13-7-5-6-12(17-13)14(19)16-8-11-18-9-3-4-10-18/h5-7H,2-4,8-11H2,1H3,(H,15,17)(H,16,19). The number of anilines is 1. The molecule has 0 aliphatic carbocycles. The second-order valence-corrected chi connectivity index (χ2v) is 4.74. The van der Waals surface area contributed by atoms with Gasteiger partial charge in [0.05, 0.1) is 0 Å². The predicted octanol–water partition coefficient (Wildman–Crippen LogP) is 1.34. The first-order valence-electron chi connectivity index (χ1n) is 7.01. The van der Waals surface area contributed by atoms with E-state index in [1.54, 1.807) is 6.07 Å². The van der Waals surface area contributed by atoms with Crippen molar-refractivity contribution in [2.45, 2.75) is 19.8 Å². The van der Waals surface area contributed by atoms with E-state index in [-0.39, 0.29) is 5.91 Å². The highest BCUT2D eigenvalue weighted by atomic mass is 16.1. The zero-order valence-corrected chi connectivity index (χ0v) is 11.5. The number of pyridine rings is 1. The zero-order valence-electron chi connectivity index (χ0n) is 11.5. The molecule has 0 atom stereocenters. The van der Waals surface area contributed by atoms with Gasteiger partial charge in [0.15, 0.2) is 0 Å². The van der Waals surface area contributed by atoms with Gasteiger partial charge in [-0.3, -0.25) is 4.79 Å². The Morgan fingerprint density at radius 3 is 2.89 bits per heavy atom. The molecule has 0 bridgehead atoms. The van der Waals surface area contributed by atoms with E-state index < -0.39 is 0 Å². The van der Waals surface area contributed by atoms with Crippen LogP contribution in [0.1, 0.15) is 30.3 Å². The fourth-order valence-corrected chi connectivity index (χ4v) is 2.27. The molecule has 104 valence electrons. The van der Waals surface area contributed by atoms with Crippen LogP contribution in [0, 0.1) is 0 Å². The number of aromatic nitrogens is 1. The first kappa shape index (κ1) is 13.8. The average Bonchev–Trinajstić information content (AvgIpc) is 2.92. The molecule has 1 amide bonds. The lowest BCUT2D eigenvalue weighted by Gasteiger charge is -2.14. The largest absolute Gasteiger partial charge is 0.370 e. The van der Waals surface area contributed by atoms with Gasteiger partial charge in [-0.2, -0.15) is 0 Å². The molecule has 2 N–H and O–H groups in total. The van der Waals surface area contributed by atoms with Gasteiger partial charge in [-0.05, 0) is 45.0 Å². The Bertz CT molecular complexity index is 416. The molecular formula is C14H22N4O. The third kappa shape index (κ3) is 4.21. The Morgan fingerprint density at radius 1 is 1.37 bits per heavy atom. The number of carbonyl (C=O) groups excluding carboxylic acids is 1. The van der Waals surface area contributed by atoms with Crippen molar-refractivity contribution >= 4 is 11.7 Å². The van der Waals surface area contributed by atoms with Crippen molar-refractivity contribution in [2.24, 2.45) is 0 Å². The smallest absolute Gasteiger partial charge is 0.270 e. The Labute approximate surface area is 114 Å². The molecule has 0 saturated carbocycles. The van der Waals surface area contributed by atoms with Crippen molar-refractivity contribution < 1.29 is 4.79 Å². The molecule has 0 unspecified atom stereocenters. The second-order valence-electron chi connectivity index (χ2n) is 4.74. The fourth-order valence-electron chi connectivity index (χ4n) is 2.27. The van der Waals surface area contributed by atoms with Crippen molar-refractivity contribution in [3.05, 3.63) is 23.9 Å². The van der Waals surface area contributed by atoms with Gasteiger partial charge < -0.3 is 15.5 Å². The van der Waals surface area contributed by atoms with Gasteiger partial charge >= 0.3 is 0 Å². The van der Waals surface area contributed by atoms with E-state index in [9.17, 15) is 4.79 Å². The number of nitrogens with one attached hydrogen (secondary N) is 2. The van der Waals surface area contributed by atoms with Crippen LogP contribution in [-0.2, 0) is 0 Å². The van der Waals surface area contributed by atoms with Crippen molar-refractivity contribution in [3.8, 4) is 0 Å². The van der Waals surface area contributed by atoms with Crippen LogP contribution >= 0.6 is 0 Å². The highest BCUT2D eigenvalue weighted by molar-refractivity contribution is 5.92. The molecule has 1 aliphatic rings. The van der Waals surface area contributed by atoms with Crippen LogP contribution in [0.3, 0.4) is 0 Å². The van der Waals surface area contributed by atoms with Crippen LogP contribution in [-0.4, -0.2) is 48.5 Å². The molecule has 0 radical (unpaired) electrons. The van der Waals surface area contributed by atoms with Gasteiger partial charge in [0.1, 0.15) is 11.5 Å². The summed E-state index contributed by atoms with van der Waals surface area (Å²) >= 11 is 0. The summed E-state index contributed by atoms with van der Waals surface area (Å²) in [6.45, 7) is 6.73. The molecule has 1 saturated heterocycles. The van der Waals surface area contributed by atoms with E-state index in [4.69, 9.17) is 0 Å². The predicted molar refractivity (Wildman–Crippen MR) is 76.4 cm³/mol. The van der Waals surface area contributed by atoms with E-state index >= 15 is 0 Å². The molecule has 1 fully saturated rings. The van der Waals surface area contributed by atoms with E-state index in [1.165, 1.54) is 12.8 Å². The zero-order chi connectivity index (χ0) is 13.5. The lowest BCUT2D eigenvalue weighted by atomic mass is 10.3. The molecule has 0 aromatic carbocycles. The molecule has 0 spiro atoms. The van der Waals surface area contributed by atoms with Crippen molar-refractivity contribution in [3.63, 3.8) is 0 Å². The molecule has 5 heteroatoms. The van der Waals surface area contributed by atoms with Crippen LogP contribution in [0.4, 0.5) is 5.82 Å². The number of nitrogens with zero attached hydrogens (tertiary/aromatic N) is 2. The summed E-state index contributed by atoms with van der Waals surface area (Å²) in [4.78, 5) is 18.6. The lowest BCUT2D eigenvalue weighted by molar-refractivity contribution is 0.0945. The molecule has 5 nitrogen and oxygen atoms in total. The van der Waals surface area contributed by atoms with E-state index in [0.29, 0.717) is 12.2 Å². The summed E-state index contributed by atoms with van der Waals surface area (Å²) in [6.07, 6.45) is 2.56. The molecular weight excluding hydrogens is 240 g/mol. The first-order valence-corrected chi connectivity index (χ1v) is 7.01. The summed E-state index contributed by atoms with van der Waals surface area (Å²) < 4.78 is 0. The Kier molecular flexibility index (Phi) is 5.15. The number of carbonyl (C=O) groups is 1. The highest BCUT2D eigenvalue weighted by Crippen LogP contribution is 2.06. The minimum Gasteiger partial charge on any atom is -0.370 e. The molecule has 2 heterocycles. The van der Waals surface area contributed by atoms with Crippen molar-refractivity contribution in [1.82, 2.24) is 15.2 Å². The number of hydrogen-bond acceptors (Lipinski definition) is 4. The van der Waals surface area contributed by atoms with Gasteiger partial charge in [0, 0.05) is 19.6 Å². The minimum atomic E-state index is -0.0982. The van der Waals surface area contributed by atoms with Crippen molar-refractivity contribution in [2.75, 3.05) is 38.0 Å². The summed E-state index contributed by atoms with van der Waals surface area (Å²) in [5.74, 6) is 0.647. The summed E-state index contributed by atoms with van der Waals surface area (Å²) in [5.41, 5.74) is 0.472. The molecule has 2 rings (SSSR count). The van der Waals surface area contributed by atoms with Gasteiger partial charge in [-0.25, -0.2) is 4.98 Å². The van der Waals surface area contributed by atoms with Crippen LogP contribution in [0.25, 0.3) is 0 Å². The van der Waals surface area contributed by atoms with E-state index in [0.717, 1.165) is 32.0 Å². The SMILES string of the molecule is CCNc1cccc(C(=O)NCCN2CCCC2)n1. The Balaban J connectivity index is 1.79. The summed E-state index contributed by atoms with van der Waals surface area (Å²) in [7, 11) is 0. The minimum absolute atomic E-state index is 0.0982. The van der Waals surface area contributed by atoms with Gasteiger partial charge in [-0.15, -0.1) is 0 Å². The van der Waals surface area contributed by atoms with Gasteiger partial charge in [0.25, 0.3) is 5.91 Å². The second kappa shape index (κ2) is 7.09. The highest BCUT2D eigenvalue weighted by Gasteiger charge is 2.12. The van der Waals surface area contributed by atoms with Crippen LogP contribution in [0.2, 0.25) is 0 Å². The first-order chi connectivity index (χ1) is 9.29. The monoisotopic (exact) mass is 262 g/mol. The quantitative estimate of drug-likeness (QED) is 0.812. The topological polar surface area (TPSA) is 57.3 Å². The lowest BCUT2D eigenvalue weighted by Crippen LogP contribution is -2.33. The van der Waals surface area contributed by atoms with Gasteiger partial charge in [-0.1, -0.05) is 6.07 Å². The Morgan fingerprint density at radius 2 is 2.16 bits per heavy atom. The summed E-state index contributed by atoms with van der Waals surface area (Å²) in [6, 6.07) is 5.46. The number of rotatable bonds is 6. The summed E-state index contributed by atoms with van der Waals surface area (Å²) in [5, 5.41) is 6.03. The van der Waals surface area contributed by atoms with Gasteiger partial charge in [0.2, 0.25) is 0 Å².